The fourth-order valence-electron chi connectivity index (χ4n) is 1.37. The molecule has 1 radical (unpaired) electrons. The Labute approximate surface area is 88.0 Å². The Morgan fingerprint density at radius 1 is 1.29 bits per heavy atom. The SMILES string of the molecule is CC1(N)CCN([CH]C(F)(F)F)CC1.Cl. The molecule has 1 saturated heterocycles. The van der Waals surface area contributed by atoms with Crippen LogP contribution in [0.1, 0.15) is 19.8 Å². The van der Waals surface area contributed by atoms with Gasteiger partial charge in [-0.15, -0.1) is 12.4 Å². The molecule has 0 aromatic rings. The molecule has 85 valence electrons. The summed E-state index contributed by atoms with van der Waals surface area (Å²) in [5.41, 5.74) is 5.49. The maximum atomic E-state index is 11.9. The van der Waals surface area contributed by atoms with Crippen LogP contribution in [0.15, 0.2) is 0 Å². The molecule has 1 rings (SSSR count). The normalized spacial score (nSPS) is 22.9. The molecule has 0 amide bonds. The standard InChI is InChI=1S/C8H14F3N2.ClH/c1-7(12)2-4-13(5-3-7)6-8(9,10)11;/h6H,2-5,12H2,1H3;1H. The average Bonchev–Trinajstić information content (AvgIpc) is 1.91. The Kier molecular flexibility index (Phi) is 4.68. The number of hydrogen-bond acceptors (Lipinski definition) is 2. The van der Waals surface area contributed by atoms with Crippen molar-refractivity contribution in [1.29, 1.82) is 0 Å². The fraction of sp³-hybridized carbons (Fsp3) is 0.875. The minimum Gasteiger partial charge on any atom is -0.325 e. The van der Waals surface area contributed by atoms with Crippen LogP contribution in [-0.2, 0) is 0 Å². The van der Waals surface area contributed by atoms with Crippen molar-refractivity contribution in [3.63, 3.8) is 0 Å². The molecular formula is C8H15ClF3N2. The predicted octanol–water partition coefficient (Wildman–Crippen LogP) is 1.95. The van der Waals surface area contributed by atoms with Crippen molar-refractivity contribution in [2.45, 2.75) is 31.5 Å². The molecule has 0 saturated carbocycles. The number of likely N-dealkylation sites (tertiary alicyclic amines) is 1. The van der Waals surface area contributed by atoms with Gasteiger partial charge in [-0.05, 0) is 19.8 Å². The highest BCUT2D eigenvalue weighted by Crippen LogP contribution is 2.25. The molecular weight excluding hydrogens is 217 g/mol. The van der Waals surface area contributed by atoms with E-state index in [0.717, 1.165) is 0 Å². The number of piperidine rings is 1. The molecule has 0 aliphatic carbocycles. The largest absolute Gasteiger partial charge is 0.405 e. The van der Waals surface area contributed by atoms with Crippen molar-refractivity contribution < 1.29 is 13.2 Å². The van der Waals surface area contributed by atoms with Crippen LogP contribution in [0, 0.1) is 6.54 Å². The number of alkyl halides is 3. The van der Waals surface area contributed by atoms with E-state index in [1.54, 1.807) is 0 Å². The lowest BCUT2D eigenvalue weighted by atomic mass is 9.91. The topological polar surface area (TPSA) is 29.3 Å². The van der Waals surface area contributed by atoms with E-state index < -0.39 is 6.18 Å². The lowest BCUT2D eigenvalue weighted by molar-refractivity contribution is -0.119. The highest BCUT2D eigenvalue weighted by molar-refractivity contribution is 5.85. The van der Waals surface area contributed by atoms with Gasteiger partial charge in [-0.2, -0.15) is 13.2 Å². The summed E-state index contributed by atoms with van der Waals surface area (Å²) in [6.07, 6.45) is -2.98. The van der Waals surface area contributed by atoms with Crippen LogP contribution in [0.25, 0.3) is 0 Å². The molecule has 0 aromatic heterocycles. The molecule has 2 N–H and O–H groups in total. The van der Waals surface area contributed by atoms with Gasteiger partial charge in [0.05, 0.1) is 0 Å². The summed E-state index contributed by atoms with van der Waals surface area (Å²) in [4.78, 5) is 1.29. The second kappa shape index (κ2) is 4.68. The van der Waals surface area contributed by atoms with Crippen LogP contribution in [0.3, 0.4) is 0 Å². The minimum atomic E-state index is -4.21. The fourth-order valence-corrected chi connectivity index (χ4v) is 1.37. The molecule has 0 atom stereocenters. The smallest absolute Gasteiger partial charge is 0.325 e. The van der Waals surface area contributed by atoms with E-state index >= 15 is 0 Å². The predicted molar refractivity (Wildman–Crippen MR) is 51.0 cm³/mol. The van der Waals surface area contributed by atoms with Gasteiger partial charge in [-0.3, -0.25) is 4.90 Å². The first-order valence-corrected chi connectivity index (χ1v) is 4.24. The van der Waals surface area contributed by atoms with E-state index in [1.807, 2.05) is 6.92 Å². The van der Waals surface area contributed by atoms with Gasteiger partial charge >= 0.3 is 6.18 Å². The summed E-state index contributed by atoms with van der Waals surface area (Å²) < 4.78 is 35.7. The number of nitrogens with two attached hydrogens (primary N) is 1. The number of halogens is 4. The van der Waals surface area contributed by atoms with Gasteiger partial charge in [0.2, 0.25) is 0 Å². The lowest BCUT2D eigenvalue weighted by Gasteiger charge is -2.36. The maximum Gasteiger partial charge on any atom is 0.405 e. The van der Waals surface area contributed by atoms with Crippen LogP contribution < -0.4 is 5.73 Å². The van der Waals surface area contributed by atoms with Crippen molar-refractivity contribution in [2.24, 2.45) is 5.73 Å². The van der Waals surface area contributed by atoms with Crippen molar-refractivity contribution >= 4 is 12.4 Å². The van der Waals surface area contributed by atoms with E-state index in [9.17, 15) is 13.2 Å². The Bertz CT molecular complexity index is 172. The Morgan fingerprint density at radius 3 is 2.07 bits per heavy atom. The molecule has 0 unspecified atom stereocenters. The first-order chi connectivity index (χ1) is 5.79. The van der Waals surface area contributed by atoms with Crippen molar-refractivity contribution in [1.82, 2.24) is 4.90 Å². The van der Waals surface area contributed by atoms with Gasteiger partial charge < -0.3 is 5.73 Å². The summed E-state index contributed by atoms with van der Waals surface area (Å²) in [5, 5.41) is 0. The van der Waals surface area contributed by atoms with Gasteiger partial charge in [-0.1, -0.05) is 0 Å². The molecule has 0 spiro atoms. The van der Waals surface area contributed by atoms with Crippen molar-refractivity contribution in [3.8, 4) is 0 Å². The molecule has 1 aliphatic rings. The van der Waals surface area contributed by atoms with Gasteiger partial charge in [0, 0.05) is 18.6 Å². The highest BCUT2D eigenvalue weighted by Gasteiger charge is 2.35. The van der Waals surface area contributed by atoms with Crippen LogP contribution in [0.2, 0.25) is 0 Å². The third-order valence-corrected chi connectivity index (χ3v) is 2.27. The molecule has 0 bridgehead atoms. The first-order valence-electron chi connectivity index (χ1n) is 4.24. The summed E-state index contributed by atoms with van der Waals surface area (Å²) in [6.45, 7) is 3.00. The summed E-state index contributed by atoms with van der Waals surface area (Å²) in [7, 11) is 0. The summed E-state index contributed by atoms with van der Waals surface area (Å²) >= 11 is 0. The zero-order valence-electron chi connectivity index (χ0n) is 7.97. The zero-order valence-corrected chi connectivity index (χ0v) is 8.79. The first kappa shape index (κ1) is 14.0. The molecule has 1 aliphatic heterocycles. The van der Waals surface area contributed by atoms with Crippen LogP contribution >= 0.6 is 12.4 Å². The van der Waals surface area contributed by atoms with E-state index in [-0.39, 0.29) is 17.9 Å². The third kappa shape index (κ3) is 5.02. The van der Waals surface area contributed by atoms with Gasteiger partial charge in [0.15, 0.2) is 0 Å². The van der Waals surface area contributed by atoms with Gasteiger partial charge in [0.25, 0.3) is 0 Å². The molecule has 1 heterocycles. The molecule has 2 nitrogen and oxygen atoms in total. The third-order valence-electron chi connectivity index (χ3n) is 2.27. The number of rotatable bonds is 1. The molecule has 0 aromatic carbocycles. The Hall–Kier alpha value is -0.0000000000000000555. The second-order valence-corrected chi connectivity index (χ2v) is 3.86. The Balaban J connectivity index is 0.00000169. The minimum absolute atomic E-state index is 0. The van der Waals surface area contributed by atoms with Gasteiger partial charge in [0.1, 0.15) is 6.54 Å². The summed E-state index contributed by atoms with van der Waals surface area (Å²) in [6, 6.07) is 0. The van der Waals surface area contributed by atoms with E-state index in [0.29, 0.717) is 32.5 Å². The Morgan fingerprint density at radius 2 is 1.71 bits per heavy atom. The van der Waals surface area contributed by atoms with Crippen molar-refractivity contribution in [3.05, 3.63) is 6.54 Å². The highest BCUT2D eigenvalue weighted by atomic mass is 35.5. The average molecular weight is 232 g/mol. The van der Waals surface area contributed by atoms with Crippen molar-refractivity contribution in [2.75, 3.05) is 13.1 Å². The lowest BCUT2D eigenvalue weighted by Crippen LogP contribution is -2.48. The number of nitrogens with zero attached hydrogens (tertiary/aromatic N) is 1. The maximum absolute atomic E-state index is 11.9. The summed E-state index contributed by atoms with van der Waals surface area (Å²) in [5.74, 6) is 0. The van der Waals surface area contributed by atoms with Gasteiger partial charge in [-0.25, -0.2) is 0 Å². The van der Waals surface area contributed by atoms with Crippen LogP contribution in [0.4, 0.5) is 13.2 Å². The monoisotopic (exact) mass is 231 g/mol. The molecule has 1 fully saturated rings. The van der Waals surface area contributed by atoms with E-state index in [1.165, 1.54) is 4.90 Å². The molecule has 14 heavy (non-hydrogen) atoms. The zero-order chi connectivity index (χ0) is 10.1. The van der Waals surface area contributed by atoms with Crippen LogP contribution in [0.5, 0.6) is 0 Å². The number of hydrogen-bond donors (Lipinski definition) is 1. The quantitative estimate of drug-likeness (QED) is 0.748. The van der Waals surface area contributed by atoms with E-state index in [2.05, 4.69) is 0 Å². The molecule has 6 heteroatoms. The van der Waals surface area contributed by atoms with Crippen LogP contribution in [-0.4, -0.2) is 29.7 Å². The second-order valence-electron chi connectivity index (χ2n) is 3.86. The van der Waals surface area contributed by atoms with E-state index in [4.69, 9.17) is 5.73 Å².